The van der Waals surface area contributed by atoms with Gasteiger partial charge in [-0.05, 0) is 78.9 Å². The van der Waals surface area contributed by atoms with Crippen LogP contribution in [0.3, 0.4) is 0 Å². The van der Waals surface area contributed by atoms with Crippen molar-refractivity contribution in [2.75, 3.05) is 16.0 Å². The normalized spacial score (nSPS) is 10.4. The van der Waals surface area contributed by atoms with Crippen LogP contribution in [0.15, 0.2) is 97.5 Å². The minimum atomic E-state index is -0.582. The molecule has 0 aliphatic carbocycles. The predicted octanol–water partition coefficient (Wildman–Crippen LogP) is 6.38. The van der Waals surface area contributed by atoms with Gasteiger partial charge in [-0.25, -0.2) is 4.39 Å². The number of hydrogen-bond donors (Lipinski definition) is 3. The van der Waals surface area contributed by atoms with Crippen LogP contribution in [-0.4, -0.2) is 15.9 Å². The number of benzene rings is 3. The number of fused-ring (bicyclic) bond motifs is 1. The Bertz CT molecular complexity index is 1600. The monoisotopic (exact) mass is 474 g/mol. The van der Waals surface area contributed by atoms with Crippen molar-refractivity contribution in [1.82, 2.24) is 9.97 Å². The summed E-state index contributed by atoms with van der Waals surface area (Å²) in [4.78, 5) is 21.0. The van der Waals surface area contributed by atoms with Crippen molar-refractivity contribution < 1.29 is 9.18 Å². The van der Waals surface area contributed by atoms with Crippen molar-refractivity contribution in [2.45, 2.75) is 0 Å². The molecular formula is C28H19FN6O. The number of nitriles is 1. The van der Waals surface area contributed by atoms with E-state index in [2.05, 4.69) is 32.0 Å². The number of anilines is 5. The number of carbonyl (C=O) groups is 1. The van der Waals surface area contributed by atoms with E-state index in [1.54, 1.807) is 61.1 Å². The first-order valence-electron chi connectivity index (χ1n) is 11.0. The number of rotatable bonds is 6. The zero-order chi connectivity index (χ0) is 24.9. The third-order valence-electron chi connectivity index (χ3n) is 5.48. The highest BCUT2D eigenvalue weighted by Crippen LogP contribution is 2.28. The third-order valence-corrected chi connectivity index (χ3v) is 5.48. The molecule has 0 spiro atoms. The van der Waals surface area contributed by atoms with Crippen molar-refractivity contribution in [2.24, 2.45) is 0 Å². The molecule has 2 heterocycles. The molecule has 174 valence electrons. The molecule has 0 saturated heterocycles. The SMILES string of the molecule is N#Cc1ccc2nccc(Nc3ccc(C(=O)Nc4ccc(Nc5ccncc5)cc4)cc3F)c2c1. The lowest BCUT2D eigenvalue weighted by Gasteiger charge is -2.12. The van der Waals surface area contributed by atoms with E-state index in [0.717, 1.165) is 11.4 Å². The lowest BCUT2D eigenvalue weighted by molar-refractivity contribution is 0.102. The van der Waals surface area contributed by atoms with Gasteiger partial charge in [-0.2, -0.15) is 5.26 Å². The largest absolute Gasteiger partial charge is 0.355 e. The summed E-state index contributed by atoms with van der Waals surface area (Å²) in [6, 6.07) is 24.0. The second-order valence-electron chi connectivity index (χ2n) is 7.91. The Morgan fingerprint density at radius 3 is 2.28 bits per heavy atom. The topological polar surface area (TPSA) is 103 Å². The Labute approximate surface area is 206 Å². The van der Waals surface area contributed by atoms with Crippen LogP contribution in [0.1, 0.15) is 15.9 Å². The van der Waals surface area contributed by atoms with Gasteiger partial charge in [0, 0.05) is 52.3 Å². The van der Waals surface area contributed by atoms with Gasteiger partial charge in [0.2, 0.25) is 0 Å². The van der Waals surface area contributed by atoms with Crippen molar-refractivity contribution in [1.29, 1.82) is 5.26 Å². The summed E-state index contributed by atoms with van der Waals surface area (Å²) < 4.78 is 14.9. The Kier molecular flexibility index (Phi) is 6.19. The highest BCUT2D eigenvalue weighted by Gasteiger charge is 2.12. The molecule has 5 aromatic rings. The maximum Gasteiger partial charge on any atom is 0.255 e. The number of aromatic nitrogens is 2. The minimum Gasteiger partial charge on any atom is -0.355 e. The summed E-state index contributed by atoms with van der Waals surface area (Å²) in [5, 5.41) is 18.9. The standard InChI is InChI=1S/C28H19FN6O/c29-24-16-19(28(36)34-21-5-3-20(4-6-21)33-22-9-12-31-13-10-22)2-8-27(24)35-26-11-14-32-25-7-1-18(17-30)15-23(25)26/h1-16H,(H,31,33)(H,32,35)(H,34,36). The van der Waals surface area contributed by atoms with Crippen LogP contribution in [0, 0.1) is 17.1 Å². The Morgan fingerprint density at radius 1 is 0.778 bits per heavy atom. The molecule has 8 heteroatoms. The zero-order valence-corrected chi connectivity index (χ0v) is 18.9. The third kappa shape index (κ3) is 4.95. The van der Waals surface area contributed by atoms with E-state index in [0.29, 0.717) is 27.8 Å². The molecular weight excluding hydrogens is 455 g/mol. The van der Waals surface area contributed by atoms with E-state index >= 15 is 0 Å². The highest BCUT2D eigenvalue weighted by molar-refractivity contribution is 6.04. The molecule has 1 amide bonds. The second kappa shape index (κ2) is 9.91. The fourth-order valence-corrected chi connectivity index (χ4v) is 3.67. The molecule has 3 aromatic carbocycles. The molecule has 5 rings (SSSR count). The molecule has 0 saturated carbocycles. The van der Waals surface area contributed by atoms with E-state index in [1.165, 1.54) is 12.1 Å². The van der Waals surface area contributed by atoms with E-state index in [1.807, 2.05) is 24.3 Å². The van der Waals surface area contributed by atoms with Gasteiger partial charge >= 0.3 is 0 Å². The van der Waals surface area contributed by atoms with Gasteiger partial charge < -0.3 is 16.0 Å². The van der Waals surface area contributed by atoms with Crippen molar-refractivity contribution in [3.05, 3.63) is 114 Å². The van der Waals surface area contributed by atoms with Crippen molar-refractivity contribution in [3.8, 4) is 6.07 Å². The van der Waals surface area contributed by atoms with Gasteiger partial charge in [0.1, 0.15) is 5.82 Å². The molecule has 0 aliphatic rings. The zero-order valence-electron chi connectivity index (χ0n) is 18.9. The van der Waals surface area contributed by atoms with Crippen molar-refractivity contribution >= 4 is 45.2 Å². The molecule has 0 bridgehead atoms. The summed E-state index contributed by atoms with van der Waals surface area (Å²) in [6.07, 6.45) is 5.00. The minimum absolute atomic E-state index is 0.184. The average Bonchev–Trinajstić information content (AvgIpc) is 2.91. The summed E-state index contributed by atoms with van der Waals surface area (Å²) in [5.41, 5.74) is 4.48. The fraction of sp³-hybridized carbons (Fsp3) is 0. The number of hydrogen-bond acceptors (Lipinski definition) is 6. The highest BCUT2D eigenvalue weighted by atomic mass is 19.1. The van der Waals surface area contributed by atoms with Crippen molar-refractivity contribution in [3.63, 3.8) is 0 Å². The van der Waals surface area contributed by atoms with Crippen LogP contribution in [-0.2, 0) is 0 Å². The molecule has 0 radical (unpaired) electrons. The van der Waals surface area contributed by atoms with Crippen LogP contribution in [0.5, 0.6) is 0 Å². The van der Waals surface area contributed by atoms with Gasteiger partial charge in [0.25, 0.3) is 5.91 Å². The number of carbonyl (C=O) groups excluding carboxylic acids is 1. The maximum atomic E-state index is 14.9. The molecule has 3 N–H and O–H groups in total. The number of amides is 1. The molecule has 0 fully saturated rings. The Hall–Kier alpha value is -5.29. The Balaban J connectivity index is 1.29. The predicted molar refractivity (Wildman–Crippen MR) is 138 cm³/mol. The van der Waals surface area contributed by atoms with Crippen LogP contribution in [0.2, 0.25) is 0 Å². The van der Waals surface area contributed by atoms with Crippen LogP contribution >= 0.6 is 0 Å². The van der Waals surface area contributed by atoms with Gasteiger partial charge in [-0.1, -0.05) is 0 Å². The molecule has 0 unspecified atom stereocenters. The quantitative estimate of drug-likeness (QED) is 0.264. The molecule has 36 heavy (non-hydrogen) atoms. The summed E-state index contributed by atoms with van der Waals surface area (Å²) in [7, 11) is 0. The smallest absolute Gasteiger partial charge is 0.255 e. The first-order chi connectivity index (χ1) is 17.6. The summed E-state index contributed by atoms with van der Waals surface area (Å²) >= 11 is 0. The molecule has 0 atom stereocenters. The van der Waals surface area contributed by atoms with E-state index in [4.69, 9.17) is 0 Å². The van der Waals surface area contributed by atoms with Gasteiger partial charge in [0.05, 0.1) is 22.8 Å². The maximum absolute atomic E-state index is 14.9. The first-order valence-corrected chi connectivity index (χ1v) is 11.0. The van der Waals surface area contributed by atoms with Gasteiger partial charge in [0.15, 0.2) is 0 Å². The van der Waals surface area contributed by atoms with E-state index in [-0.39, 0.29) is 11.3 Å². The Morgan fingerprint density at radius 2 is 1.53 bits per heavy atom. The lowest BCUT2D eigenvalue weighted by atomic mass is 10.1. The number of nitrogens with one attached hydrogen (secondary N) is 3. The van der Waals surface area contributed by atoms with E-state index in [9.17, 15) is 14.4 Å². The van der Waals surface area contributed by atoms with Crippen LogP contribution in [0.4, 0.5) is 32.8 Å². The summed E-state index contributed by atoms with van der Waals surface area (Å²) in [5.74, 6) is -1.01. The first kappa shape index (κ1) is 22.5. The van der Waals surface area contributed by atoms with Gasteiger partial charge in [-0.15, -0.1) is 0 Å². The molecule has 2 aromatic heterocycles. The number of halogens is 1. The fourth-order valence-electron chi connectivity index (χ4n) is 3.67. The second-order valence-corrected chi connectivity index (χ2v) is 7.91. The lowest BCUT2D eigenvalue weighted by Crippen LogP contribution is -2.12. The van der Waals surface area contributed by atoms with Crippen LogP contribution < -0.4 is 16.0 Å². The van der Waals surface area contributed by atoms with Gasteiger partial charge in [-0.3, -0.25) is 14.8 Å². The van der Waals surface area contributed by atoms with Crippen LogP contribution in [0.25, 0.3) is 10.9 Å². The molecule has 7 nitrogen and oxygen atoms in total. The number of pyridine rings is 2. The average molecular weight is 474 g/mol. The van der Waals surface area contributed by atoms with E-state index < -0.39 is 11.7 Å². The number of nitrogens with zero attached hydrogens (tertiary/aromatic N) is 3. The summed E-state index contributed by atoms with van der Waals surface area (Å²) in [6.45, 7) is 0. The molecule has 0 aliphatic heterocycles.